The highest BCUT2D eigenvalue weighted by molar-refractivity contribution is 7.14. The number of pyridine rings is 1. The van der Waals surface area contributed by atoms with Gasteiger partial charge >= 0.3 is 6.09 Å². The number of aliphatic hydroxyl groups excluding tert-OH is 1. The maximum Gasteiger partial charge on any atom is 0.411 e. The maximum atomic E-state index is 11.8. The molecular formula is C23H23ClN2O3S. The van der Waals surface area contributed by atoms with Crippen molar-refractivity contribution in [3.05, 3.63) is 58.7 Å². The predicted octanol–water partition coefficient (Wildman–Crippen LogP) is 6.11. The second kappa shape index (κ2) is 8.38. The van der Waals surface area contributed by atoms with Gasteiger partial charge in [-0.3, -0.25) is 10.3 Å². The summed E-state index contributed by atoms with van der Waals surface area (Å²) in [6.45, 7) is 3.73. The van der Waals surface area contributed by atoms with Crippen molar-refractivity contribution in [2.45, 2.75) is 38.2 Å². The van der Waals surface area contributed by atoms with E-state index in [2.05, 4.69) is 27.8 Å². The molecule has 0 atom stereocenters. The molecule has 5 nitrogen and oxygen atoms in total. The molecule has 3 aromatic rings. The van der Waals surface area contributed by atoms with Gasteiger partial charge in [-0.2, -0.15) is 0 Å². The van der Waals surface area contributed by atoms with Gasteiger partial charge in [0, 0.05) is 33.4 Å². The Morgan fingerprint density at radius 2 is 2.07 bits per heavy atom. The number of hydrogen-bond acceptors (Lipinski definition) is 5. The van der Waals surface area contributed by atoms with E-state index in [0.717, 1.165) is 40.1 Å². The first-order valence-electron chi connectivity index (χ1n) is 9.84. The van der Waals surface area contributed by atoms with E-state index in [-0.39, 0.29) is 18.1 Å². The van der Waals surface area contributed by atoms with E-state index < -0.39 is 6.09 Å². The molecule has 0 unspecified atom stereocenters. The number of nitrogens with zero attached hydrogens (tertiary/aromatic N) is 1. The first-order valence-corrected chi connectivity index (χ1v) is 11.1. The third-order valence-corrected chi connectivity index (χ3v) is 6.49. The number of hydrogen-bond donors (Lipinski definition) is 2. The van der Waals surface area contributed by atoms with Gasteiger partial charge in [0.25, 0.3) is 0 Å². The van der Waals surface area contributed by atoms with Crippen LogP contribution in [0.5, 0.6) is 0 Å². The third kappa shape index (κ3) is 4.36. The van der Waals surface area contributed by atoms with Gasteiger partial charge < -0.3 is 9.84 Å². The smallest absolute Gasteiger partial charge is 0.411 e. The van der Waals surface area contributed by atoms with Gasteiger partial charge in [0.2, 0.25) is 0 Å². The molecule has 0 saturated heterocycles. The van der Waals surface area contributed by atoms with Crippen molar-refractivity contribution < 1.29 is 14.6 Å². The Bertz CT molecular complexity index is 1080. The van der Waals surface area contributed by atoms with E-state index in [9.17, 15) is 9.90 Å². The standard InChI is InChI=1S/C23H23ClN2O3S/c1-14(2)29-22(28)26-17-3-4-18(19(24)11-17)20-9-16(12-30-20)15-5-8-25-21(10-15)23(13-27)6-7-23/h3-5,8-12,14,27H,6-7,13H2,1-2H3,(H,26,28). The number of halogens is 1. The SMILES string of the molecule is CC(C)OC(=O)Nc1ccc(-c2cc(-c3ccnc(C4(CO)CC4)c3)cs2)c(Cl)c1. The lowest BCUT2D eigenvalue weighted by Crippen LogP contribution is -2.17. The molecule has 156 valence electrons. The molecule has 1 amide bonds. The Kier molecular flexibility index (Phi) is 5.82. The van der Waals surface area contributed by atoms with Gasteiger partial charge in [-0.05, 0) is 79.6 Å². The molecule has 2 aromatic heterocycles. The van der Waals surface area contributed by atoms with Crippen LogP contribution in [-0.4, -0.2) is 28.9 Å². The van der Waals surface area contributed by atoms with E-state index in [1.807, 2.05) is 18.2 Å². The highest BCUT2D eigenvalue weighted by Gasteiger charge is 2.45. The van der Waals surface area contributed by atoms with Crippen molar-refractivity contribution in [3.8, 4) is 21.6 Å². The molecule has 30 heavy (non-hydrogen) atoms. The number of carbonyl (C=O) groups is 1. The number of amides is 1. The summed E-state index contributed by atoms with van der Waals surface area (Å²) in [6, 6.07) is 11.6. The summed E-state index contributed by atoms with van der Waals surface area (Å²) in [7, 11) is 0. The van der Waals surface area contributed by atoms with Crippen LogP contribution in [0.3, 0.4) is 0 Å². The van der Waals surface area contributed by atoms with Crippen molar-refractivity contribution in [3.63, 3.8) is 0 Å². The molecule has 0 spiro atoms. The number of aliphatic hydroxyl groups is 1. The minimum atomic E-state index is -0.503. The zero-order valence-electron chi connectivity index (χ0n) is 16.8. The molecule has 1 saturated carbocycles. The fraction of sp³-hybridized carbons (Fsp3) is 0.304. The molecule has 2 N–H and O–H groups in total. The van der Waals surface area contributed by atoms with Crippen LogP contribution in [0.1, 0.15) is 32.4 Å². The second-order valence-corrected chi connectivity index (χ2v) is 9.16. The lowest BCUT2D eigenvalue weighted by Gasteiger charge is -2.11. The zero-order valence-corrected chi connectivity index (χ0v) is 18.4. The van der Waals surface area contributed by atoms with E-state index in [1.165, 1.54) is 0 Å². The van der Waals surface area contributed by atoms with Crippen LogP contribution >= 0.6 is 22.9 Å². The Morgan fingerprint density at radius 1 is 1.27 bits per heavy atom. The summed E-state index contributed by atoms with van der Waals surface area (Å²) >= 11 is 8.11. The van der Waals surface area contributed by atoms with Gasteiger partial charge in [-0.15, -0.1) is 11.3 Å². The van der Waals surface area contributed by atoms with Crippen molar-refractivity contribution >= 4 is 34.7 Å². The van der Waals surface area contributed by atoms with E-state index in [4.69, 9.17) is 16.3 Å². The predicted molar refractivity (Wildman–Crippen MR) is 121 cm³/mol. The fourth-order valence-corrected chi connectivity index (χ4v) is 4.63. The minimum absolute atomic E-state index is 0.138. The number of anilines is 1. The zero-order chi connectivity index (χ0) is 21.3. The van der Waals surface area contributed by atoms with Gasteiger partial charge in [0.05, 0.1) is 17.7 Å². The van der Waals surface area contributed by atoms with Crippen LogP contribution in [0.25, 0.3) is 21.6 Å². The number of ether oxygens (including phenoxy) is 1. The van der Waals surface area contributed by atoms with Crippen molar-refractivity contribution in [1.82, 2.24) is 4.98 Å². The minimum Gasteiger partial charge on any atom is -0.447 e. The number of thiophene rings is 1. The lowest BCUT2D eigenvalue weighted by atomic mass is 9.99. The monoisotopic (exact) mass is 442 g/mol. The number of carbonyl (C=O) groups excluding carboxylic acids is 1. The summed E-state index contributed by atoms with van der Waals surface area (Å²) in [4.78, 5) is 17.3. The van der Waals surface area contributed by atoms with Gasteiger partial charge in [-0.25, -0.2) is 4.79 Å². The Hall–Kier alpha value is -2.41. The highest BCUT2D eigenvalue weighted by atomic mass is 35.5. The summed E-state index contributed by atoms with van der Waals surface area (Å²) in [6.07, 6.45) is 3.08. The molecule has 1 aromatic carbocycles. The Balaban J connectivity index is 1.54. The molecule has 1 aliphatic carbocycles. The largest absolute Gasteiger partial charge is 0.447 e. The van der Waals surface area contributed by atoms with Gasteiger partial charge in [0.1, 0.15) is 0 Å². The van der Waals surface area contributed by atoms with Crippen LogP contribution in [0, 0.1) is 0 Å². The number of aromatic nitrogens is 1. The first kappa shape index (κ1) is 20.8. The second-order valence-electron chi connectivity index (χ2n) is 7.84. The van der Waals surface area contributed by atoms with Crippen LogP contribution in [0.2, 0.25) is 5.02 Å². The Labute approximate surface area is 184 Å². The molecule has 0 radical (unpaired) electrons. The summed E-state index contributed by atoms with van der Waals surface area (Å²) in [5.74, 6) is 0. The molecule has 0 aliphatic heterocycles. The number of benzene rings is 1. The lowest BCUT2D eigenvalue weighted by molar-refractivity contribution is 0.130. The van der Waals surface area contributed by atoms with E-state index in [1.54, 1.807) is 37.4 Å². The molecule has 7 heteroatoms. The van der Waals surface area contributed by atoms with Crippen LogP contribution in [0.4, 0.5) is 10.5 Å². The Morgan fingerprint density at radius 3 is 2.73 bits per heavy atom. The third-order valence-electron chi connectivity index (χ3n) is 5.22. The summed E-state index contributed by atoms with van der Waals surface area (Å²) in [5, 5.41) is 15.0. The molecule has 1 fully saturated rings. The van der Waals surface area contributed by atoms with E-state index in [0.29, 0.717) is 10.7 Å². The maximum absolute atomic E-state index is 11.8. The molecular weight excluding hydrogens is 420 g/mol. The molecule has 2 heterocycles. The van der Waals surface area contributed by atoms with Crippen molar-refractivity contribution in [2.75, 3.05) is 11.9 Å². The molecule has 0 bridgehead atoms. The normalized spacial score (nSPS) is 14.6. The fourth-order valence-electron chi connectivity index (χ4n) is 3.33. The van der Waals surface area contributed by atoms with Crippen LogP contribution < -0.4 is 5.32 Å². The summed E-state index contributed by atoms with van der Waals surface area (Å²) in [5.41, 5.74) is 4.46. The number of nitrogens with one attached hydrogen (secondary N) is 1. The topological polar surface area (TPSA) is 71.5 Å². The highest BCUT2D eigenvalue weighted by Crippen LogP contribution is 2.47. The molecule has 4 rings (SSSR count). The summed E-state index contributed by atoms with van der Waals surface area (Å²) < 4.78 is 5.10. The molecule has 1 aliphatic rings. The average Bonchev–Trinajstić information content (AvgIpc) is 3.37. The van der Waals surface area contributed by atoms with E-state index >= 15 is 0 Å². The average molecular weight is 443 g/mol. The van der Waals surface area contributed by atoms with Crippen LogP contribution in [0.15, 0.2) is 48.0 Å². The van der Waals surface area contributed by atoms with Crippen LogP contribution in [-0.2, 0) is 10.2 Å². The van der Waals surface area contributed by atoms with Crippen molar-refractivity contribution in [1.29, 1.82) is 0 Å². The first-order chi connectivity index (χ1) is 14.4. The quantitative estimate of drug-likeness (QED) is 0.483. The number of rotatable bonds is 6. The van der Waals surface area contributed by atoms with Gasteiger partial charge in [-0.1, -0.05) is 11.6 Å². The van der Waals surface area contributed by atoms with Gasteiger partial charge in [0.15, 0.2) is 0 Å². The van der Waals surface area contributed by atoms with Crippen molar-refractivity contribution in [2.24, 2.45) is 0 Å².